The minimum absolute atomic E-state index is 0.0552. The Bertz CT molecular complexity index is 598. The Labute approximate surface area is 122 Å². The Balaban J connectivity index is 2.41. The van der Waals surface area contributed by atoms with E-state index in [4.69, 9.17) is 16.4 Å². The van der Waals surface area contributed by atoms with Gasteiger partial charge in [0, 0.05) is 7.05 Å². The molecule has 2 aromatic rings. The minimum Gasteiger partial charge on any atom is -0.318 e. The zero-order valence-electron chi connectivity index (χ0n) is 11.6. The Kier molecular flexibility index (Phi) is 4.42. The van der Waals surface area contributed by atoms with Crippen LogP contribution < -0.4 is 0 Å². The third-order valence-corrected chi connectivity index (χ3v) is 3.49. The van der Waals surface area contributed by atoms with Crippen molar-refractivity contribution in [3.05, 3.63) is 53.1 Å². The number of imidazole rings is 1. The lowest BCUT2D eigenvalue weighted by Crippen LogP contribution is -2.28. The van der Waals surface area contributed by atoms with Gasteiger partial charge >= 0.3 is 0 Å². The molecule has 0 bridgehead atoms. The van der Waals surface area contributed by atoms with E-state index in [0.717, 1.165) is 10.6 Å². The molecule has 0 fully saturated rings. The maximum absolute atomic E-state index is 12.3. The van der Waals surface area contributed by atoms with E-state index < -0.39 is 0 Å². The van der Waals surface area contributed by atoms with Crippen LogP contribution in [0.4, 0.5) is 0 Å². The highest BCUT2D eigenvalue weighted by molar-refractivity contribution is 6.32. The van der Waals surface area contributed by atoms with Gasteiger partial charge in [-0.3, -0.25) is 9.63 Å². The van der Waals surface area contributed by atoms with Gasteiger partial charge in [-0.05, 0) is 12.5 Å². The average Bonchev–Trinajstić information content (AvgIpc) is 2.87. The average molecular weight is 294 g/mol. The molecule has 1 amide bonds. The van der Waals surface area contributed by atoms with Crippen molar-refractivity contribution in [2.24, 2.45) is 0 Å². The van der Waals surface area contributed by atoms with E-state index in [9.17, 15) is 4.79 Å². The molecule has 20 heavy (non-hydrogen) atoms. The lowest BCUT2D eigenvalue weighted by molar-refractivity contribution is -0.0763. The van der Waals surface area contributed by atoms with Crippen molar-refractivity contribution in [1.82, 2.24) is 14.6 Å². The van der Waals surface area contributed by atoms with Crippen LogP contribution in [0.5, 0.6) is 0 Å². The fourth-order valence-electron chi connectivity index (χ4n) is 1.95. The summed E-state index contributed by atoms with van der Waals surface area (Å²) in [6, 6.07) is 9.78. The number of carbonyl (C=O) groups excluding carboxylic acids is 1. The van der Waals surface area contributed by atoms with Crippen LogP contribution in [0.1, 0.15) is 29.0 Å². The Morgan fingerprint density at radius 3 is 2.65 bits per heavy atom. The molecule has 1 atom stereocenters. The lowest BCUT2D eigenvalue weighted by Gasteiger charge is -2.19. The molecule has 1 heterocycles. The van der Waals surface area contributed by atoms with Crippen LogP contribution in [0.2, 0.25) is 5.15 Å². The number of amides is 1. The summed E-state index contributed by atoms with van der Waals surface area (Å²) in [5.74, 6) is -0.335. The van der Waals surface area contributed by atoms with E-state index in [0.29, 0.717) is 5.69 Å². The summed E-state index contributed by atoms with van der Waals surface area (Å²) < 4.78 is 1.75. The molecule has 1 aromatic carbocycles. The third kappa shape index (κ3) is 2.69. The molecule has 1 aromatic heterocycles. The van der Waals surface area contributed by atoms with Crippen molar-refractivity contribution in [2.45, 2.75) is 13.0 Å². The second-order valence-electron chi connectivity index (χ2n) is 4.36. The fourth-order valence-corrected chi connectivity index (χ4v) is 2.18. The van der Waals surface area contributed by atoms with Crippen LogP contribution >= 0.6 is 11.6 Å². The normalized spacial score (nSPS) is 12.2. The van der Waals surface area contributed by atoms with Gasteiger partial charge in [-0.1, -0.05) is 41.9 Å². The van der Waals surface area contributed by atoms with Gasteiger partial charge in [0.25, 0.3) is 5.91 Å². The first-order valence-electron chi connectivity index (χ1n) is 6.15. The number of hydrogen-bond acceptors (Lipinski definition) is 3. The van der Waals surface area contributed by atoms with Crippen LogP contribution in [-0.4, -0.2) is 34.7 Å². The molecule has 2 rings (SSSR count). The Morgan fingerprint density at radius 2 is 2.05 bits per heavy atom. The van der Waals surface area contributed by atoms with E-state index in [2.05, 4.69) is 4.98 Å². The number of benzene rings is 1. The molecule has 0 saturated heterocycles. The highest BCUT2D eigenvalue weighted by Gasteiger charge is 2.24. The van der Waals surface area contributed by atoms with Crippen LogP contribution in [0.15, 0.2) is 36.7 Å². The summed E-state index contributed by atoms with van der Waals surface area (Å²) in [5, 5.41) is 1.29. The molecule has 0 spiro atoms. The van der Waals surface area contributed by atoms with Gasteiger partial charge < -0.3 is 4.57 Å². The van der Waals surface area contributed by atoms with Gasteiger partial charge in [0.2, 0.25) is 0 Å². The quantitative estimate of drug-likeness (QED) is 0.814. The van der Waals surface area contributed by atoms with E-state index in [1.165, 1.54) is 14.2 Å². The number of aromatic nitrogens is 2. The van der Waals surface area contributed by atoms with Crippen molar-refractivity contribution >= 4 is 17.5 Å². The van der Waals surface area contributed by atoms with Crippen molar-refractivity contribution < 1.29 is 9.63 Å². The Morgan fingerprint density at radius 1 is 1.40 bits per heavy atom. The topological polar surface area (TPSA) is 47.4 Å². The van der Waals surface area contributed by atoms with E-state index in [-0.39, 0.29) is 17.1 Å². The summed E-state index contributed by atoms with van der Waals surface area (Å²) >= 11 is 6.04. The van der Waals surface area contributed by atoms with Gasteiger partial charge in [-0.25, -0.2) is 10.0 Å². The number of rotatable bonds is 4. The molecule has 0 aliphatic carbocycles. The molecule has 0 aliphatic rings. The molecule has 6 heteroatoms. The molecule has 0 unspecified atom stereocenters. The lowest BCUT2D eigenvalue weighted by atomic mass is 10.1. The van der Waals surface area contributed by atoms with E-state index >= 15 is 0 Å². The molecule has 0 saturated carbocycles. The SMILES string of the molecule is CON(C)C(=O)c1c(Cl)ncn1[C@H](C)c1ccccc1. The summed E-state index contributed by atoms with van der Waals surface area (Å²) in [4.78, 5) is 21.2. The molecule has 0 radical (unpaired) electrons. The van der Waals surface area contributed by atoms with E-state index in [1.54, 1.807) is 10.9 Å². The maximum atomic E-state index is 12.3. The van der Waals surface area contributed by atoms with Crippen LogP contribution in [-0.2, 0) is 4.84 Å². The van der Waals surface area contributed by atoms with Crippen molar-refractivity contribution in [3.8, 4) is 0 Å². The second-order valence-corrected chi connectivity index (χ2v) is 4.72. The monoisotopic (exact) mass is 293 g/mol. The smallest absolute Gasteiger partial charge is 0.297 e. The predicted molar refractivity (Wildman–Crippen MR) is 76.6 cm³/mol. The summed E-state index contributed by atoms with van der Waals surface area (Å²) in [6.45, 7) is 1.98. The third-order valence-electron chi connectivity index (χ3n) is 3.21. The van der Waals surface area contributed by atoms with Crippen LogP contribution in [0, 0.1) is 0 Å². The minimum atomic E-state index is -0.335. The standard InChI is InChI=1S/C14H16ClN3O2/c1-10(11-7-5-4-6-8-11)18-9-16-13(15)12(18)14(19)17(2)20-3/h4-10H,1-3H3/t10-/m1/s1. The van der Waals surface area contributed by atoms with Crippen LogP contribution in [0.25, 0.3) is 0 Å². The highest BCUT2D eigenvalue weighted by atomic mass is 35.5. The molecule has 0 N–H and O–H groups in total. The largest absolute Gasteiger partial charge is 0.318 e. The highest BCUT2D eigenvalue weighted by Crippen LogP contribution is 2.24. The number of halogens is 1. The first-order chi connectivity index (χ1) is 9.56. The van der Waals surface area contributed by atoms with Gasteiger partial charge in [-0.15, -0.1) is 0 Å². The molecular weight excluding hydrogens is 278 g/mol. The van der Waals surface area contributed by atoms with Crippen molar-refractivity contribution in [2.75, 3.05) is 14.2 Å². The number of nitrogens with zero attached hydrogens (tertiary/aromatic N) is 3. The predicted octanol–water partition coefficient (Wildman–Crippen LogP) is 2.78. The summed E-state index contributed by atoms with van der Waals surface area (Å²) in [5.41, 5.74) is 1.38. The van der Waals surface area contributed by atoms with Crippen molar-refractivity contribution in [3.63, 3.8) is 0 Å². The zero-order chi connectivity index (χ0) is 14.7. The maximum Gasteiger partial charge on any atom is 0.297 e. The zero-order valence-corrected chi connectivity index (χ0v) is 12.3. The molecule has 5 nitrogen and oxygen atoms in total. The van der Waals surface area contributed by atoms with Crippen molar-refractivity contribution in [1.29, 1.82) is 0 Å². The number of hydrogen-bond donors (Lipinski definition) is 0. The first-order valence-corrected chi connectivity index (χ1v) is 6.53. The molecule has 106 valence electrons. The fraction of sp³-hybridized carbons (Fsp3) is 0.286. The summed E-state index contributed by atoms with van der Waals surface area (Å²) in [7, 11) is 2.95. The first kappa shape index (κ1) is 14.6. The molecule has 0 aliphatic heterocycles. The second kappa shape index (κ2) is 6.07. The Hall–Kier alpha value is -1.85. The van der Waals surface area contributed by atoms with Gasteiger partial charge in [0.05, 0.1) is 19.5 Å². The van der Waals surface area contributed by atoms with E-state index in [1.807, 2.05) is 37.3 Å². The summed E-state index contributed by atoms with van der Waals surface area (Å²) in [6.07, 6.45) is 1.57. The van der Waals surface area contributed by atoms with Crippen LogP contribution in [0.3, 0.4) is 0 Å². The van der Waals surface area contributed by atoms with Gasteiger partial charge in [0.1, 0.15) is 5.69 Å². The number of carbonyl (C=O) groups is 1. The molecular formula is C14H16ClN3O2. The number of hydroxylamine groups is 2. The van der Waals surface area contributed by atoms with Gasteiger partial charge in [0.15, 0.2) is 5.15 Å². The van der Waals surface area contributed by atoms with Gasteiger partial charge in [-0.2, -0.15) is 0 Å².